The minimum atomic E-state index is -0.947. The van der Waals surface area contributed by atoms with Gasteiger partial charge < -0.3 is 10.0 Å². The predicted octanol–water partition coefficient (Wildman–Crippen LogP) is 1.80. The second-order valence-corrected chi connectivity index (χ2v) is 5.36. The number of amides is 1. The van der Waals surface area contributed by atoms with Crippen molar-refractivity contribution in [1.82, 2.24) is 19.5 Å². The molecule has 116 valence electrons. The number of hydrogen-bond acceptors (Lipinski definition) is 5. The molecule has 1 aliphatic heterocycles. The third-order valence-electron chi connectivity index (χ3n) is 3.98. The van der Waals surface area contributed by atoms with Crippen molar-refractivity contribution in [1.29, 1.82) is 0 Å². The predicted molar refractivity (Wildman–Crippen MR) is 76.0 cm³/mol. The number of aryl methyl sites for hydroxylation is 1. The molecule has 0 spiro atoms. The van der Waals surface area contributed by atoms with Crippen LogP contribution in [-0.2, 0) is 0 Å². The highest BCUT2D eigenvalue weighted by atomic mass is 16.6. The van der Waals surface area contributed by atoms with Gasteiger partial charge in [-0.3, -0.25) is 10.1 Å². The molecule has 1 fully saturated rings. The van der Waals surface area contributed by atoms with Crippen LogP contribution < -0.4 is 0 Å². The molecule has 0 saturated carbocycles. The summed E-state index contributed by atoms with van der Waals surface area (Å²) in [6.45, 7) is 2.44. The zero-order valence-electron chi connectivity index (χ0n) is 12.0. The van der Waals surface area contributed by atoms with Crippen LogP contribution in [0.15, 0.2) is 12.3 Å². The Bertz CT molecular complexity index is 756. The molecule has 3 heterocycles. The molecular weight excluding hydrogens is 290 g/mol. The smallest absolute Gasteiger partial charge is 0.407 e. The van der Waals surface area contributed by atoms with Crippen LogP contribution >= 0.6 is 0 Å². The lowest BCUT2D eigenvalue weighted by molar-refractivity contribution is -0.383. The van der Waals surface area contributed by atoms with E-state index in [1.807, 2.05) is 0 Å². The maximum Gasteiger partial charge on any atom is 0.407 e. The highest BCUT2D eigenvalue weighted by Gasteiger charge is 2.29. The topological polar surface area (TPSA) is 114 Å². The molecule has 2 aromatic heterocycles. The molecule has 22 heavy (non-hydrogen) atoms. The van der Waals surface area contributed by atoms with Gasteiger partial charge in [0.2, 0.25) is 5.65 Å². The van der Waals surface area contributed by atoms with Crippen LogP contribution in [0.2, 0.25) is 0 Å². The normalized spacial score (nSPS) is 18.6. The summed E-state index contributed by atoms with van der Waals surface area (Å²) < 4.78 is 1.48. The molecule has 1 amide bonds. The lowest BCUT2D eigenvalue weighted by Crippen LogP contribution is -2.38. The van der Waals surface area contributed by atoms with Crippen LogP contribution in [0.5, 0.6) is 0 Å². The summed E-state index contributed by atoms with van der Waals surface area (Å²) in [7, 11) is 0. The lowest BCUT2D eigenvalue weighted by Gasteiger charge is -2.30. The van der Waals surface area contributed by atoms with Crippen LogP contribution in [0.3, 0.4) is 0 Å². The summed E-state index contributed by atoms with van der Waals surface area (Å²) in [6, 6.07) is 1.75. The fourth-order valence-electron chi connectivity index (χ4n) is 2.97. The van der Waals surface area contributed by atoms with Gasteiger partial charge in [0.05, 0.1) is 10.6 Å². The lowest BCUT2D eigenvalue weighted by atomic mass is 9.95. The number of aromatic nitrogens is 3. The number of carboxylic acid groups (broad SMARTS) is 1. The molecular formula is C13H15N5O4. The summed E-state index contributed by atoms with van der Waals surface area (Å²) in [5.74, 6) is -0.0470. The van der Waals surface area contributed by atoms with Crippen molar-refractivity contribution in [3.63, 3.8) is 0 Å². The molecule has 0 aromatic carbocycles. The number of nitro groups is 1. The number of hydrogen-bond donors (Lipinski definition) is 1. The van der Waals surface area contributed by atoms with Gasteiger partial charge in [-0.05, 0) is 25.8 Å². The maximum absolute atomic E-state index is 11.2. The summed E-state index contributed by atoms with van der Waals surface area (Å²) >= 11 is 0. The molecule has 1 N–H and O–H groups in total. The van der Waals surface area contributed by atoms with E-state index in [1.54, 1.807) is 13.0 Å². The largest absolute Gasteiger partial charge is 0.465 e. The molecule has 0 radical (unpaired) electrons. The van der Waals surface area contributed by atoms with Crippen molar-refractivity contribution in [2.75, 3.05) is 13.1 Å². The van der Waals surface area contributed by atoms with E-state index in [0.29, 0.717) is 18.8 Å². The summed E-state index contributed by atoms with van der Waals surface area (Å²) in [4.78, 5) is 27.2. The van der Waals surface area contributed by atoms with Gasteiger partial charge in [0.15, 0.2) is 0 Å². The van der Waals surface area contributed by atoms with Crippen LogP contribution in [-0.4, -0.2) is 48.7 Å². The summed E-state index contributed by atoms with van der Waals surface area (Å²) in [6.07, 6.45) is 2.13. The van der Waals surface area contributed by atoms with Gasteiger partial charge >= 0.3 is 11.8 Å². The number of likely N-dealkylation sites (tertiary alicyclic amines) is 1. The highest BCUT2D eigenvalue weighted by molar-refractivity contribution is 5.65. The van der Waals surface area contributed by atoms with E-state index in [2.05, 4.69) is 10.1 Å². The van der Waals surface area contributed by atoms with Crippen molar-refractivity contribution >= 4 is 17.4 Å². The summed E-state index contributed by atoms with van der Waals surface area (Å²) in [5, 5.41) is 24.5. The first kappa shape index (κ1) is 14.2. The number of piperidine rings is 1. The summed E-state index contributed by atoms with van der Waals surface area (Å²) in [5.41, 5.74) is 1.16. The van der Waals surface area contributed by atoms with E-state index in [-0.39, 0.29) is 17.3 Å². The second kappa shape index (κ2) is 5.24. The van der Waals surface area contributed by atoms with Gasteiger partial charge in [-0.15, -0.1) is 0 Å². The third kappa shape index (κ3) is 2.24. The molecule has 1 saturated heterocycles. The van der Waals surface area contributed by atoms with Gasteiger partial charge in [0.25, 0.3) is 0 Å². The van der Waals surface area contributed by atoms with Crippen molar-refractivity contribution in [2.45, 2.75) is 25.7 Å². The molecule has 2 aromatic rings. The fourth-order valence-corrected chi connectivity index (χ4v) is 2.97. The first-order chi connectivity index (χ1) is 10.5. The minimum absolute atomic E-state index is 0.0470. The van der Waals surface area contributed by atoms with Crippen molar-refractivity contribution < 1.29 is 14.8 Å². The molecule has 9 nitrogen and oxygen atoms in total. The van der Waals surface area contributed by atoms with E-state index in [4.69, 9.17) is 5.11 Å². The average molecular weight is 305 g/mol. The van der Waals surface area contributed by atoms with Crippen LogP contribution in [0, 0.1) is 17.0 Å². The minimum Gasteiger partial charge on any atom is -0.465 e. The molecule has 0 bridgehead atoms. The SMILES string of the molecule is Cc1nn2c(C3CCCN(C(=O)O)C3)ccnc2c1[N+](=O)[O-]. The first-order valence-corrected chi connectivity index (χ1v) is 6.95. The molecule has 1 unspecified atom stereocenters. The highest BCUT2D eigenvalue weighted by Crippen LogP contribution is 2.30. The van der Waals surface area contributed by atoms with Crippen molar-refractivity contribution in [3.8, 4) is 0 Å². The standard InChI is InChI=1S/C13H15N5O4/c1-8-11(18(21)22)12-14-5-4-10(17(12)15-8)9-3-2-6-16(7-9)13(19)20/h4-5,9H,2-3,6-7H2,1H3,(H,19,20). The second-order valence-electron chi connectivity index (χ2n) is 5.36. The fraction of sp³-hybridized carbons (Fsp3) is 0.462. The van der Waals surface area contributed by atoms with E-state index in [1.165, 1.54) is 15.6 Å². The third-order valence-corrected chi connectivity index (χ3v) is 3.98. The van der Waals surface area contributed by atoms with Crippen LogP contribution in [0.4, 0.5) is 10.5 Å². The van der Waals surface area contributed by atoms with Crippen LogP contribution in [0.25, 0.3) is 5.65 Å². The Hall–Kier alpha value is -2.71. The molecule has 3 rings (SSSR count). The molecule has 9 heteroatoms. The Kier molecular flexibility index (Phi) is 3.39. The Balaban J connectivity index is 2.06. The Morgan fingerprint density at radius 3 is 3.00 bits per heavy atom. The Morgan fingerprint density at radius 1 is 1.55 bits per heavy atom. The van der Waals surface area contributed by atoms with Gasteiger partial charge in [-0.25, -0.2) is 14.3 Å². The average Bonchev–Trinajstić information content (AvgIpc) is 2.83. The quantitative estimate of drug-likeness (QED) is 0.668. The first-order valence-electron chi connectivity index (χ1n) is 6.95. The van der Waals surface area contributed by atoms with Crippen molar-refractivity contribution in [3.05, 3.63) is 33.8 Å². The van der Waals surface area contributed by atoms with E-state index in [0.717, 1.165) is 18.5 Å². The number of rotatable bonds is 2. The van der Waals surface area contributed by atoms with Gasteiger partial charge in [-0.1, -0.05) is 0 Å². The van der Waals surface area contributed by atoms with E-state index in [9.17, 15) is 14.9 Å². The number of nitrogens with zero attached hydrogens (tertiary/aromatic N) is 5. The monoisotopic (exact) mass is 305 g/mol. The maximum atomic E-state index is 11.2. The molecule has 0 aliphatic carbocycles. The van der Waals surface area contributed by atoms with Gasteiger partial charge in [0.1, 0.15) is 5.69 Å². The zero-order chi connectivity index (χ0) is 15.9. The van der Waals surface area contributed by atoms with Gasteiger partial charge in [-0.2, -0.15) is 5.10 Å². The van der Waals surface area contributed by atoms with E-state index >= 15 is 0 Å². The number of fused-ring (bicyclic) bond motifs is 1. The Morgan fingerprint density at radius 2 is 2.32 bits per heavy atom. The molecule has 1 atom stereocenters. The Labute approximate surface area is 125 Å². The van der Waals surface area contributed by atoms with Crippen molar-refractivity contribution in [2.24, 2.45) is 0 Å². The van der Waals surface area contributed by atoms with E-state index < -0.39 is 11.0 Å². The molecule has 1 aliphatic rings. The van der Waals surface area contributed by atoms with Crippen LogP contribution in [0.1, 0.15) is 30.1 Å². The van der Waals surface area contributed by atoms with Gasteiger partial charge in [0, 0.05) is 25.2 Å². The number of carbonyl (C=O) groups is 1. The zero-order valence-corrected chi connectivity index (χ0v) is 12.0.